The maximum absolute atomic E-state index is 6.15. The van der Waals surface area contributed by atoms with Gasteiger partial charge in [0.1, 0.15) is 0 Å². The highest BCUT2D eigenvalue weighted by atomic mass is 15.4. The van der Waals surface area contributed by atoms with Gasteiger partial charge >= 0.3 is 0 Å². The topological polar surface area (TPSA) is 130 Å². The summed E-state index contributed by atoms with van der Waals surface area (Å²) in [5.74, 6) is -0.707. The molecule has 8 heteroatoms. The van der Waals surface area contributed by atoms with Gasteiger partial charge in [-0.25, -0.2) is 0 Å². The number of rotatable bonds is 3. The van der Waals surface area contributed by atoms with Crippen molar-refractivity contribution in [3.63, 3.8) is 0 Å². The zero-order valence-corrected chi connectivity index (χ0v) is 10.4. The molecule has 0 fully saturated rings. The van der Waals surface area contributed by atoms with Crippen LogP contribution in [0.5, 0.6) is 0 Å². The molecule has 1 atom stereocenters. The predicted octanol–water partition coefficient (Wildman–Crippen LogP) is 1.90. The molecule has 0 amide bonds. The number of azo groups is 2. The maximum atomic E-state index is 6.15. The second kappa shape index (κ2) is 4.67. The van der Waals surface area contributed by atoms with Crippen LogP contribution in [-0.4, -0.2) is 16.0 Å². The molecule has 0 aliphatic carbocycles. The van der Waals surface area contributed by atoms with Gasteiger partial charge in [0.25, 0.3) is 5.79 Å². The number of hydrogen-bond donors (Lipinski definition) is 3. The van der Waals surface area contributed by atoms with Gasteiger partial charge in [0.05, 0.1) is 11.8 Å². The van der Waals surface area contributed by atoms with E-state index in [0.29, 0.717) is 11.4 Å². The van der Waals surface area contributed by atoms with Crippen LogP contribution in [-0.2, 0) is 0 Å². The smallest absolute Gasteiger partial charge is 0.271 e. The first kappa shape index (κ1) is 12.2. The number of nitrogens with zero attached hydrogens (tertiary/aromatic N) is 5. The molecule has 8 nitrogen and oxygen atoms in total. The number of H-pyrrole nitrogens is 1. The zero-order chi connectivity index (χ0) is 14.0. The van der Waals surface area contributed by atoms with Crippen LogP contribution >= 0.6 is 0 Å². The van der Waals surface area contributed by atoms with Crippen LogP contribution in [0.25, 0.3) is 5.57 Å². The summed E-state index contributed by atoms with van der Waals surface area (Å²) in [5, 5.41) is 22.2. The Bertz CT molecular complexity index is 686. The summed E-state index contributed by atoms with van der Waals surface area (Å²) in [6, 6.07) is 11.0. The highest BCUT2D eigenvalue weighted by molar-refractivity contribution is 5.75. The largest absolute Gasteiger partial charge is 0.382 e. The summed E-state index contributed by atoms with van der Waals surface area (Å²) in [6.45, 7) is 0. The highest BCUT2D eigenvalue weighted by Crippen LogP contribution is 2.35. The molecular formula is C12H12N8. The lowest BCUT2D eigenvalue weighted by molar-refractivity contribution is 0.564. The van der Waals surface area contributed by atoms with Gasteiger partial charge in [0.2, 0.25) is 0 Å². The summed E-state index contributed by atoms with van der Waals surface area (Å²) in [4.78, 5) is 0. The number of hydrogen-bond acceptors (Lipinski definition) is 7. The average molecular weight is 268 g/mol. The number of nitrogens with two attached hydrogens (primary N) is 2. The van der Waals surface area contributed by atoms with E-state index in [1.54, 1.807) is 12.3 Å². The quantitative estimate of drug-likeness (QED) is 0.734. The van der Waals surface area contributed by atoms with E-state index >= 15 is 0 Å². The molecule has 1 unspecified atom stereocenters. The molecule has 1 aliphatic heterocycles. The fourth-order valence-corrected chi connectivity index (χ4v) is 1.89. The molecule has 0 saturated heterocycles. The number of benzene rings is 1. The molecular weight excluding hydrogens is 256 g/mol. The second-order valence-corrected chi connectivity index (χ2v) is 4.19. The first-order valence-electron chi connectivity index (χ1n) is 5.89. The molecule has 3 rings (SSSR count). The van der Waals surface area contributed by atoms with Crippen LogP contribution in [0, 0.1) is 0 Å². The predicted molar refractivity (Wildman–Crippen MR) is 72.4 cm³/mol. The Hall–Kier alpha value is -2.87. The molecule has 0 saturated carbocycles. The number of aromatic nitrogens is 2. The number of nitrogens with one attached hydrogen (secondary N) is 1. The van der Waals surface area contributed by atoms with E-state index < -0.39 is 5.79 Å². The second-order valence-electron chi connectivity index (χ2n) is 4.19. The van der Waals surface area contributed by atoms with Gasteiger partial charge in [0, 0.05) is 6.07 Å². The van der Waals surface area contributed by atoms with Crippen molar-refractivity contribution >= 4 is 11.4 Å². The lowest BCUT2D eigenvalue weighted by atomic mass is 10.0. The van der Waals surface area contributed by atoms with E-state index in [2.05, 4.69) is 30.7 Å². The molecule has 5 N–H and O–H groups in total. The Morgan fingerprint density at radius 3 is 2.65 bits per heavy atom. The molecule has 2 heterocycles. The lowest BCUT2D eigenvalue weighted by Gasteiger charge is -2.17. The summed E-state index contributed by atoms with van der Waals surface area (Å²) < 4.78 is 0. The third kappa shape index (κ3) is 2.08. The van der Waals surface area contributed by atoms with Gasteiger partial charge < -0.3 is 5.73 Å². The lowest BCUT2D eigenvalue weighted by Crippen LogP contribution is -2.35. The maximum Gasteiger partial charge on any atom is 0.271 e. The van der Waals surface area contributed by atoms with Crippen LogP contribution in [0.1, 0.15) is 5.56 Å². The van der Waals surface area contributed by atoms with Crippen molar-refractivity contribution in [1.82, 2.24) is 10.2 Å². The summed E-state index contributed by atoms with van der Waals surface area (Å²) in [7, 11) is 0. The minimum absolute atomic E-state index is 0.238. The Morgan fingerprint density at radius 1 is 1.15 bits per heavy atom. The van der Waals surface area contributed by atoms with E-state index in [0.717, 1.165) is 5.56 Å². The fraction of sp³-hybridized carbons (Fsp3) is 0.0833. The van der Waals surface area contributed by atoms with E-state index in [4.69, 9.17) is 11.5 Å². The Balaban J connectivity index is 1.98. The monoisotopic (exact) mass is 268 g/mol. The van der Waals surface area contributed by atoms with Crippen LogP contribution in [0.4, 0.5) is 5.82 Å². The third-order valence-electron chi connectivity index (χ3n) is 2.79. The first-order valence-corrected chi connectivity index (χ1v) is 5.89. The molecule has 20 heavy (non-hydrogen) atoms. The summed E-state index contributed by atoms with van der Waals surface area (Å²) in [5.41, 5.74) is 13.3. The Labute approximate surface area is 114 Å². The van der Waals surface area contributed by atoms with Crippen molar-refractivity contribution in [2.24, 2.45) is 31.9 Å². The fourth-order valence-electron chi connectivity index (χ4n) is 1.89. The first-order chi connectivity index (χ1) is 9.69. The van der Waals surface area contributed by atoms with E-state index in [9.17, 15) is 0 Å². The third-order valence-corrected chi connectivity index (χ3v) is 2.79. The van der Waals surface area contributed by atoms with Gasteiger partial charge in [-0.3, -0.25) is 10.8 Å². The summed E-state index contributed by atoms with van der Waals surface area (Å²) in [6.07, 6.45) is 1.57. The SMILES string of the molecule is NC1=C(c2ccccc2)C(N)(N=Nc2ccn[nH]2)N=N1. The Morgan fingerprint density at radius 2 is 1.95 bits per heavy atom. The zero-order valence-electron chi connectivity index (χ0n) is 10.4. The van der Waals surface area contributed by atoms with Crippen molar-refractivity contribution in [2.75, 3.05) is 0 Å². The molecule has 100 valence electrons. The van der Waals surface area contributed by atoms with Crippen molar-refractivity contribution < 1.29 is 0 Å². The molecule has 0 bridgehead atoms. The summed E-state index contributed by atoms with van der Waals surface area (Å²) >= 11 is 0. The molecule has 0 radical (unpaired) electrons. The van der Waals surface area contributed by atoms with Crippen LogP contribution in [0.3, 0.4) is 0 Å². The van der Waals surface area contributed by atoms with Crippen LogP contribution in [0.15, 0.2) is 68.9 Å². The van der Waals surface area contributed by atoms with Gasteiger partial charge in [-0.1, -0.05) is 30.3 Å². The minimum atomic E-state index is -1.42. The van der Waals surface area contributed by atoms with Crippen LogP contribution < -0.4 is 11.5 Å². The van der Waals surface area contributed by atoms with Crippen LogP contribution in [0.2, 0.25) is 0 Å². The number of aromatic amines is 1. The van der Waals surface area contributed by atoms with Crippen molar-refractivity contribution in [2.45, 2.75) is 5.79 Å². The van der Waals surface area contributed by atoms with E-state index in [-0.39, 0.29) is 5.82 Å². The van der Waals surface area contributed by atoms with Crippen molar-refractivity contribution in [1.29, 1.82) is 0 Å². The average Bonchev–Trinajstić information content (AvgIpc) is 3.07. The van der Waals surface area contributed by atoms with Gasteiger partial charge in [-0.15, -0.1) is 20.5 Å². The molecule has 1 aromatic heterocycles. The minimum Gasteiger partial charge on any atom is -0.382 e. The van der Waals surface area contributed by atoms with Gasteiger partial charge in [-0.05, 0) is 5.56 Å². The van der Waals surface area contributed by atoms with Crippen molar-refractivity contribution in [3.8, 4) is 0 Å². The molecule has 1 aromatic carbocycles. The van der Waals surface area contributed by atoms with Gasteiger partial charge in [0.15, 0.2) is 11.6 Å². The van der Waals surface area contributed by atoms with E-state index in [1.807, 2.05) is 30.3 Å². The Kier molecular flexibility index (Phi) is 2.84. The molecule has 1 aliphatic rings. The standard InChI is InChI=1S/C12H12N8/c13-11-10(8-4-2-1-3-5-8)12(14,20-18-11)19-17-9-6-7-15-16-9/h1-7H,13-14H2,(H,15,16). The molecule has 2 aromatic rings. The molecule has 0 spiro atoms. The van der Waals surface area contributed by atoms with E-state index in [1.165, 1.54) is 0 Å². The highest BCUT2D eigenvalue weighted by Gasteiger charge is 2.37. The van der Waals surface area contributed by atoms with Crippen molar-refractivity contribution in [3.05, 3.63) is 54.0 Å². The normalized spacial score (nSPS) is 22.1. The van der Waals surface area contributed by atoms with Gasteiger partial charge in [-0.2, -0.15) is 5.10 Å².